The molecule has 2 aliphatic rings. The molecule has 0 radical (unpaired) electrons. The highest BCUT2D eigenvalue weighted by Crippen LogP contribution is 2.30. The van der Waals surface area contributed by atoms with Crippen molar-refractivity contribution in [2.24, 2.45) is 5.92 Å². The third-order valence-corrected chi connectivity index (χ3v) is 5.41. The number of carbonyl (C=O) groups excluding carboxylic acids is 2. The van der Waals surface area contributed by atoms with Crippen molar-refractivity contribution in [3.8, 4) is 0 Å². The average molecular weight is 381 g/mol. The first kappa shape index (κ1) is 18.5. The van der Waals surface area contributed by atoms with Crippen LogP contribution in [-0.2, 0) is 4.79 Å². The number of anilines is 2. The van der Waals surface area contributed by atoms with E-state index in [-0.39, 0.29) is 29.6 Å². The van der Waals surface area contributed by atoms with Crippen molar-refractivity contribution in [3.63, 3.8) is 0 Å². The van der Waals surface area contributed by atoms with Gasteiger partial charge in [0.25, 0.3) is 5.91 Å². The van der Waals surface area contributed by atoms with Crippen LogP contribution in [0, 0.1) is 11.7 Å². The van der Waals surface area contributed by atoms with Gasteiger partial charge in [-0.05, 0) is 50.1 Å². The van der Waals surface area contributed by atoms with Crippen molar-refractivity contribution < 1.29 is 14.0 Å². The highest BCUT2D eigenvalue weighted by atomic mass is 19.1. The van der Waals surface area contributed by atoms with Gasteiger partial charge in [-0.2, -0.15) is 0 Å². The van der Waals surface area contributed by atoms with Gasteiger partial charge in [0.05, 0.1) is 5.69 Å². The summed E-state index contributed by atoms with van der Waals surface area (Å²) in [6.45, 7) is 3.65. The third-order valence-electron chi connectivity index (χ3n) is 5.41. The third kappa shape index (κ3) is 3.86. The fourth-order valence-electron chi connectivity index (χ4n) is 3.67. The molecule has 0 bridgehead atoms. The molecule has 1 atom stereocenters. The molecule has 1 N–H and O–H groups in total. The van der Waals surface area contributed by atoms with Gasteiger partial charge < -0.3 is 15.1 Å². The number of amides is 2. The molecule has 1 heterocycles. The maximum Gasteiger partial charge on any atom is 0.254 e. The highest BCUT2D eigenvalue weighted by molar-refractivity contribution is 5.98. The second-order valence-electron chi connectivity index (χ2n) is 7.59. The van der Waals surface area contributed by atoms with E-state index in [1.54, 1.807) is 36.4 Å². The second kappa shape index (κ2) is 7.62. The SMILES string of the molecule is C[C@@H]1CN(c2ccccc2F)CCN1C(=O)c1cccc(NC(=O)C2CC2)c1. The lowest BCUT2D eigenvalue weighted by atomic mass is 10.1. The first-order chi connectivity index (χ1) is 13.5. The summed E-state index contributed by atoms with van der Waals surface area (Å²) in [5.74, 6) is -0.168. The van der Waals surface area contributed by atoms with Crippen molar-refractivity contribution in [3.05, 3.63) is 59.9 Å². The number of benzene rings is 2. The van der Waals surface area contributed by atoms with E-state index < -0.39 is 0 Å². The summed E-state index contributed by atoms with van der Waals surface area (Å²) in [6, 6.07) is 13.8. The minimum absolute atomic E-state index is 0.0245. The lowest BCUT2D eigenvalue weighted by molar-refractivity contribution is -0.117. The summed E-state index contributed by atoms with van der Waals surface area (Å²) in [5, 5.41) is 2.89. The zero-order valence-electron chi connectivity index (χ0n) is 15.9. The number of halogens is 1. The van der Waals surface area contributed by atoms with E-state index in [2.05, 4.69) is 5.32 Å². The van der Waals surface area contributed by atoms with E-state index in [4.69, 9.17) is 0 Å². The lowest BCUT2D eigenvalue weighted by Crippen LogP contribution is -2.54. The van der Waals surface area contributed by atoms with Crippen LogP contribution in [0.4, 0.5) is 15.8 Å². The van der Waals surface area contributed by atoms with Crippen LogP contribution in [0.3, 0.4) is 0 Å². The Balaban J connectivity index is 1.44. The summed E-state index contributed by atoms with van der Waals surface area (Å²) in [4.78, 5) is 28.8. The number of carbonyl (C=O) groups is 2. The number of hydrogen-bond acceptors (Lipinski definition) is 3. The molecule has 146 valence electrons. The fraction of sp³-hybridized carbons (Fsp3) is 0.364. The fourth-order valence-corrected chi connectivity index (χ4v) is 3.67. The van der Waals surface area contributed by atoms with Crippen LogP contribution in [-0.4, -0.2) is 42.4 Å². The normalized spacial score (nSPS) is 19.4. The summed E-state index contributed by atoms with van der Waals surface area (Å²) < 4.78 is 14.1. The number of rotatable bonds is 4. The van der Waals surface area contributed by atoms with Crippen molar-refractivity contribution >= 4 is 23.2 Å². The number of hydrogen-bond donors (Lipinski definition) is 1. The van der Waals surface area contributed by atoms with Crippen molar-refractivity contribution in [1.29, 1.82) is 0 Å². The Morgan fingerprint density at radius 1 is 1.07 bits per heavy atom. The predicted octanol–water partition coefficient (Wildman–Crippen LogP) is 3.53. The van der Waals surface area contributed by atoms with Crippen LogP contribution in [0.1, 0.15) is 30.1 Å². The van der Waals surface area contributed by atoms with Crippen LogP contribution in [0.15, 0.2) is 48.5 Å². The quantitative estimate of drug-likeness (QED) is 0.882. The summed E-state index contributed by atoms with van der Waals surface area (Å²) in [5.41, 5.74) is 1.78. The van der Waals surface area contributed by atoms with E-state index in [0.29, 0.717) is 36.6 Å². The van der Waals surface area contributed by atoms with Gasteiger partial charge in [-0.15, -0.1) is 0 Å². The Labute approximate surface area is 164 Å². The van der Waals surface area contributed by atoms with Crippen molar-refractivity contribution in [1.82, 2.24) is 4.90 Å². The van der Waals surface area contributed by atoms with Crippen LogP contribution in [0.5, 0.6) is 0 Å². The van der Waals surface area contributed by atoms with Gasteiger partial charge in [0.2, 0.25) is 5.91 Å². The maximum atomic E-state index is 14.1. The molecule has 1 saturated carbocycles. The summed E-state index contributed by atoms with van der Waals surface area (Å²) in [7, 11) is 0. The van der Waals surface area contributed by atoms with Crippen molar-refractivity contribution in [2.75, 3.05) is 29.9 Å². The molecule has 0 spiro atoms. The maximum absolute atomic E-state index is 14.1. The van der Waals surface area contributed by atoms with E-state index in [1.165, 1.54) is 6.07 Å². The minimum atomic E-state index is -0.242. The van der Waals surface area contributed by atoms with Gasteiger partial charge in [0.15, 0.2) is 0 Å². The molecular formula is C22H24FN3O2. The molecule has 2 aromatic carbocycles. The monoisotopic (exact) mass is 381 g/mol. The molecule has 6 heteroatoms. The van der Waals surface area contributed by atoms with Gasteiger partial charge in [-0.1, -0.05) is 18.2 Å². The molecule has 0 unspecified atom stereocenters. The molecule has 1 saturated heterocycles. The minimum Gasteiger partial charge on any atom is -0.365 e. The Hall–Kier alpha value is -2.89. The van der Waals surface area contributed by atoms with Crippen LogP contribution >= 0.6 is 0 Å². The van der Waals surface area contributed by atoms with E-state index in [9.17, 15) is 14.0 Å². The Bertz CT molecular complexity index is 897. The largest absolute Gasteiger partial charge is 0.365 e. The van der Waals surface area contributed by atoms with Crippen molar-refractivity contribution in [2.45, 2.75) is 25.8 Å². The standard InChI is InChI=1S/C22H24FN3O2/c1-15-14-25(20-8-3-2-7-19(20)23)11-12-26(15)22(28)17-5-4-6-18(13-17)24-21(27)16-9-10-16/h2-8,13,15-16H,9-12,14H2,1H3,(H,24,27)/t15-/m1/s1. The first-order valence-electron chi connectivity index (χ1n) is 9.74. The number of para-hydroxylation sites is 1. The highest BCUT2D eigenvalue weighted by Gasteiger charge is 2.31. The molecule has 1 aliphatic heterocycles. The number of piperazine rings is 1. The Kier molecular flexibility index (Phi) is 5.03. The van der Waals surface area contributed by atoms with E-state index in [1.807, 2.05) is 22.8 Å². The Morgan fingerprint density at radius 3 is 2.57 bits per heavy atom. The van der Waals surface area contributed by atoms with E-state index >= 15 is 0 Å². The van der Waals surface area contributed by atoms with Gasteiger partial charge in [0, 0.05) is 42.8 Å². The molecule has 5 nitrogen and oxygen atoms in total. The lowest BCUT2D eigenvalue weighted by Gasteiger charge is -2.41. The van der Waals surface area contributed by atoms with Crippen LogP contribution in [0.2, 0.25) is 0 Å². The van der Waals surface area contributed by atoms with Gasteiger partial charge in [0.1, 0.15) is 5.82 Å². The molecule has 0 aromatic heterocycles. The molecule has 2 aromatic rings. The van der Waals surface area contributed by atoms with Gasteiger partial charge >= 0.3 is 0 Å². The van der Waals surface area contributed by atoms with Gasteiger partial charge in [-0.25, -0.2) is 4.39 Å². The van der Waals surface area contributed by atoms with Gasteiger partial charge in [-0.3, -0.25) is 9.59 Å². The Morgan fingerprint density at radius 2 is 1.86 bits per heavy atom. The zero-order chi connectivity index (χ0) is 19.7. The molecule has 2 fully saturated rings. The molecule has 4 rings (SSSR count). The molecule has 1 aliphatic carbocycles. The zero-order valence-corrected chi connectivity index (χ0v) is 15.9. The molecule has 28 heavy (non-hydrogen) atoms. The van der Waals surface area contributed by atoms with Crippen LogP contribution in [0.25, 0.3) is 0 Å². The smallest absolute Gasteiger partial charge is 0.254 e. The number of nitrogens with one attached hydrogen (secondary N) is 1. The second-order valence-corrected chi connectivity index (χ2v) is 7.59. The summed E-state index contributed by atoms with van der Waals surface area (Å²) in [6.07, 6.45) is 1.88. The number of nitrogens with zero attached hydrogens (tertiary/aromatic N) is 2. The van der Waals surface area contributed by atoms with E-state index in [0.717, 1.165) is 12.8 Å². The topological polar surface area (TPSA) is 52.6 Å². The molecule has 2 amide bonds. The molecular weight excluding hydrogens is 357 g/mol. The first-order valence-corrected chi connectivity index (χ1v) is 9.74. The predicted molar refractivity (Wildman–Crippen MR) is 107 cm³/mol. The summed E-state index contributed by atoms with van der Waals surface area (Å²) >= 11 is 0. The average Bonchev–Trinajstić information content (AvgIpc) is 3.53. The van der Waals surface area contributed by atoms with Crippen LogP contribution < -0.4 is 10.2 Å².